The van der Waals surface area contributed by atoms with Crippen LogP contribution < -0.4 is 5.32 Å². The molecule has 0 atom stereocenters. The molecular weight excluding hydrogens is 192 g/mol. The Balaban J connectivity index is 2.50. The topological polar surface area (TPSA) is 50.2 Å². The second kappa shape index (κ2) is 4.93. The van der Waals surface area contributed by atoms with Gasteiger partial charge in [-0.2, -0.15) is 5.10 Å². The van der Waals surface area contributed by atoms with E-state index in [2.05, 4.69) is 10.4 Å². The zero-order valence-corrected chi connectivity index (χ0v) is 9.74. The number of aromatic nitrogens is 2. The van der Waals surface area contributed by atoms with Gasteiger partial charge in [0.05, 0.1) is 11.3 Å². The van der Waals surface area contributed by atoms with Crippen molar-refractivity contribution in [3.05, 3.63) is 17.5 Å². The normalized spacial score (nSPS) is 10.7. The number of likely N-dealkylation sites (N-methyl/N-ethyl adjacent to an activating group) is 1. The highest BCUT2D eigenvalue weighted by molar-refractivity contribution is 5.94. The Bertz CT molecular complexity index is 343. The number of carbonyl (C=O) groups is 1. The largest absolute Gasteiger partial charge is 0.351 e. The molecule has 0 radical (unpaired) electrons. The van der Waals surface area contributed by atoms with E-state index in [9.17, 15) is 4.79 Å². The molecule has 5 heteroatoms. The van der Waals surface area contributed by atoms with Gasteiger partial charge in [0.15, 0.2) is 0 Å². The van der Waals surface area contributed by atoms with Crippen molar-refractivity contribution in [3.8, 4) is 0 Å². The number of nitrogens with zero attached hydrogens (tertiary/aromatic N) is 3. The van der Waals surface area contributed by atoms with Crippen molar-refractivity contribution in [1.29, 1.82) is 0 Å². The van der Waals surface area contributed by atoms with Crippen molar-refractivity contribution in [1.82, 2.24) is 20.0 Å². The molecule has 0 fully saturated rings. The van der Waals surface area contributed by atoms with E-state index in [-0.39, 0.29) is 5.91 Å². The minimum Gasteiger partial charge on any atom is -0.351 e. The SMILES string of the molecule is Cc1nn(C)cc1C(=O)NCCN(C)C. The molecule has 1 heterocycles. The lowest BCUT2D eigenvalue weighted by Crippen LogP contribution is -2.31. The maximum absolute atomic E-state index is 11.7. The standard InChI is InChI=1S/C10H18N4O/c1-8-9(7-14(4)12-8)10(15)11-5-6-13(2)3/h7H,5-6H2,1-4H3,(H,11,15). The maximum Gasteiger partial charge on any atom is 0.254 e. The molecule has 0 saturated carbocycles. The summed E-state index contributed by atoms with van der Waals surface area (Å²) in [5.74, 6) is -0.0533. The molecule has 0 spiro atoms. The van der Waals surface area contributed by atoms with E-state index in [0.717, 1.165) is 12.2 Å². The molecule has 1 N–H and O–H groups in total. The number of aryl methyl sites for hydroxylation is 2. The monoisotopic (exact) mass is 210 g/mol. The summed E-state index contributed by atoms with van der Waals surface area (Å²) in [6.45, 7) is 3.33. The Morgan fingerprint density at radius 3 is 2.73 bits per heavy atom. The Morgan fingerprint density at radius 2 is 2.27 bits per heavy atom. The summed E-state index contributed by atoms with van der Waals surface area (Å²) < 4.78 is 1.65. The summed E-state index contributed by atoms with van der Waals surface area (Å²) in [6.07, 6.45) is 1.74. The van der Waals surface area contributed by atoms with Crippen molar-refractivity contribution in [3.63, 3.8) is 0 Å². The van der Waals surface area contributed by atoms with E-state index < -0.39 is 0 Å². The van der Waals surface area contributed by atoms with Crippen molar-refractivity contribution < 1.29 is 4.79 Å². The molecule has 15 heavy (non-hydrogen) atoms. The third-order valence-corrected chi connectivity index (χ3v) is 2.10. The zero-order chi connectivity index (χ0) is 11.4. The van der Waals surface area contributed by atoms with Crippen LogP contribution >= 0.6 is 0 Å². The first kappa shape index (κ1) is 11.7. The van der Waals surface area contributed by atoms with Crippen LogP contribution in [0.25, 0.3) is 0 Å². The molecule has 1 rings (SSSR count). The molecule has 0 aliphatic heterocycles. The minimum absolute atomic E-state index is 0.0533. The zero-order valence-electron chi connectivity index (χ0n) is 9.74. The average Bonchev–Trinajstić information content (AvgIpc) is 2.44. The third-order valence-electron chi connectivity index (χ3n) is 2.10. The molecule has 0 aliphatic carbocycles. The van der Waals surface area contributed by atoms with Gasteiger partial charge >= 0.3 is 0 Å². The summed E-state index contributed by atoms with van der Waals surface area (Å²) in [5, 5.41) is 6.97. The van der Waals surface area contributed by atoms with Gasteiger partial charge in [-0.15, -0.1) is 0 Å². The van der Waals surface area contributed by atoms with Gasteiger partial charge in [-0.25, -0.2) is 0 Å². The van der Waals surface area contributed by atoms with E-state index in [1.54, 1.807) is 10.9 Å². The molecule has 0 saturated heterocycles. The number of carbonyl (C=O) groups excluding carboxylic acids is 1. The van der Waals surface area contributed by atoms with Crippen molar-refractivity contribution >= 4 is 5.91 Å². The predicted molar refractivity (Wildman–Crippen MR) is 58.8 cm³/mol. The van der Waals surface area contributed by atoms with Gasteiger partial charge < -0.3 is 10.2 Å². The fourth-order valence-corrected chi connectivity index (χ4v) is 1.31. The summed E-state index contributed by atoms with van der Waals surface area (Å²) in [4.78, 5) is 13.7. The van der Waals surface area contributed by atoms with Gasteiger partial charge in [-0.1, -0.05) is 0 Å². The summed E-state index contributed by atoms with van der Waals surface area (Å²) in [7, 11) is 5.76. The lowest BCUT2D eigenvalue weighted by molar-refractivity contribution is 0.0950. The molecule has 84 valence electrons. The van der Waals surface area contributed by atoms with Crippen LogP contribution in [-0.4, -0.2) is 47.8 Å². The Kier molecular flexibility index (Phi) is 3.85. The smallest absolute Gasteiger partial charge is 0.254 e. The van der Waals surface area contributed by atoms with Gasteiger partial charge in [-0.3, -0.25) is 9.48 Å². The van der Waals surface area contributed by atoms with Crippen molar-refractivity contribution in [2.45, 2.75) is 6.92 Å². The minimum atomic E-state index is -0.0533. The van der Waals surface area contributed by atoms with Crippen LogP contribution in [0.2, 0.25) is 0 Å². The van der Waals surface area contributed by atoms with Crippen LogP contribution in [0, 0.1) is 6.92 Å². The lowest BCUT2D eigenvalue weighted by atomic mass is 10.2. The van der Waals surface area contributed by atoms with Gasteiger partial charge in [0.25, 0.3) is 5.91 Å². The van der Waals surface area contributed by atoms with Gasteiger partial charge in [0.1, 0.15) is 0 Å². The molecular formula is C10H18N4O. The van der Waals surface area contributed by atoms with Crippen LogP contribution in [0.15, 0.2) is 6.20 Å². The molecule has 0 aromatic carbocycles. The summed E-state index contributed by atoms with van der Waals surface area (Å²) >= 11 is 0. The Labute approximate surface area is 90.1 Å². The van der Waals surface area contributed by atoms with Crippen LogP contribution in [-0.2, 0) is 7.05 Å². The van der Waals surface area contributed by atoms with E-state index in [1.165, 1.54) is 0 Å². The highest BCUT2D eigenvalue weighted by Crippen LogP contribution is 2.03. The first-order valence-electron chi connectivity index (χ1n) is 4.94. The number of hydrogen-bond acceptors (Lipinski definition) is 3. The maximum atomic E-state index is 11.7. The number of amides is 1. The molecule has 1 aromatic heterocycles. The van der Waals surface area contributed by atoms with Crippen LogP contribution in [0.1, 0.15) is 16.1 Å². The first-order chi connectivity index (χ1) is 7.00. The Hall–Kier alpha value is -1.36. The first-order valence-corrected chi connectivity index (χ1v) is 4.94. The van der Waals surface area contributed by atoms with E-state index in [1.807, 2.05) is 33.0 Å². The number of hydrogen-bond donors (Lipinski definition) is 1. The van der Waals surface area contributed by atoms with E-state index >= 15 is 0 Å². The van der Waals surface area contributed by atoms with Crippen LogP contribution in [0.4, 0.5) is 0 Å². The third kappa shape index (κ3) is 3.36. The molecule has 0 aliphatic rings. The second-order valence-corrected chi connectivity index (χ2v) is 3.86. The fourth-order valence-electron chi connectivity index (χ4n) is 1.31. The quantitative estimate of drug-likeness (QED) is 0.762. The predicted octanol–water partition coefficient (Wildman–Crippen LogP) is 0.0199. The molecule has 1 amide bonds. The highest BCUT2D eigenvalue weighted by Gasteiger charge is 2.11. The van der Waals surface area contributed by atoms with E-state index in [0.29, 0.717) is 12.1 Å². The number of nitrogens with one attached hydrogen (secondary N) is 1. The number of rotatable bonds is 4. The molecule has 0 unspecified atom stereocenters. The summed E-state index contributed by atoms with van der Waals surface area (Å²) in [6, 6.07) is 0. The van der Waals surface area contributed by atoms with Crippen LogP contribution in [0.3, 0.4) is 0 Å². The average molecular weight is 210 g/mol. The Morgan fingerprint density at radius 1 is 1.60 bits per heavy atom. The molecule has 0 bridgehead atoms. The molecule has 1 aromatic rings. The fraction of sp³-hybridized carbons (Fsp3) is 0.600. The van der Waals surface area contributed by atoms with Gasteiger partial charge in [0.2, 0.25) is 0 Å². The van der Waals surface area contributed by atoms with Crippen molar-refractivity contribution in [2.24, 2.45) is 7.05 Å². The second-order valence-electron chi connectivity index (χ2n) is 3.86. The van der Waals surface area contributed by atoms with E-state index in [4.69, 9.17) is 0 Å². The molecule has 5 nitrogen and oxygen atoms in total. The van der Waals surface area contributed by atoms with Crippen molar-refractivity contribution in [2.75, 3.05) is 27.2 Å². The lowest BCUT2D eigenvalue weighted by Gasteiger charge is -2.09. The van der Waals surface area contributed by atoms with Crippen LogP contribution in [0.5, 0.6) is 0 Å². The van der Waals surface area contributed by atoms with Gasteiger partial charge in [-0.05, 0) is 21.0 Å². The summed E-state index contributed by atoms with van der Waals surface area (Å²) in [5.41, 5.74) is 1.41. The van der Waals surface area contributed by atoms with Gasteiger partial charge in [0, 0.05) is 26.3 Å². The highest BCUT2D eigenvalue weighted by atomic mass is 16.1.